The number of aromatic nitrogens is 1. The Hall–Kier alpha value is -1.72. The van der Waals surface area contributed by atoms with Gasteiger partial charge in [-0.25, -0.2) is 4.98 Å². The fourth-order valence-corrected chi connectivity index (χ4v) is 2.90. The third-order valence-electron chi connectivity index (χ3n) is 2.55. The molecular weight excluding hydrogens is 260 g/mol. The van der Waals surface area contributed by atoms with Gasteiger partial charge in [0, 0.05) is 22.9 Å². The molecule has 1 aromatic carbocycles. The van der Waals surface area contributed by atoms with Gasteiger partial charge >= 0.3 is 0 Å². The van der Waals surface area contributed by atoms with Crippen molar-refractivity contribution in [3.8, 4) is 0 Å². The van der Waals surface area contributed by atoms with Gasteiger partial charge in [0.1, 0.15) is 5.15 Å². The molecule has 0 radical (unpaired) electrons. The number of pyridine rings is 1. The molecule has 4 nitrogen and oxygen atoms in total. The summed E-state index contributed by atoms with van der Waals surface area (Å²) in [4.78, 5) is 14.6. The summed E-state index contributed by atoms with van der Waals surface area (Å²) in [6, 6.07) is 6.49. The Morgan fingerprint density at radius 2 is 2.12 bits per heavy atom. The first-order valence-corrected chi connectivity index (χ1v) is 6.03. The predicted octanol–water partition coefficient (Wildman–Crippen LogP) is 4.01. The lowest BCUT2D eigenvalue weighted by Gasteiger charge is -2.01. The average molecular weight is 265 g/mol. The van der Waals surface area contributed by atoms with Gasteiger partial charge in [-0.3, -0.25) is 10.1 Å². The third kappa shape index (κ3) is 1.55. The van der Waals surface area contributed by atoms with Gasteiger partial charge in [-0.1, -0.05) is 11.6 Å². The van der Waals surface area contributed by atoms with Crippen LogP contribution in [0.4, 0.5) is 5.69 Å². The molecule has 3 aromatic rings. The van der Waals surface area contributed by atoms with Crippen LogP contribution in [-0.4, -0.2) is 9.91 Å². The van der Waals surface area contributed by atoms with E-state index in [1.165, 1.54) is 23.5 Å². The summed E-state index contributed by atoms with van der Waals surface area (Å²) in [5, 5.41) is 14.8. The van der Waals surface area contributed by atoms with Crippen molar-refractivity contribution in [1.29, 1.82) is 0 Å². The third-order valence-corrected chi connectivity index (χ3v) is 3.86. The van der Waals surface area contributed by atoms with Crippen LogP contribution in [0.1, 0.15) is 0 Å². The SMILES string of the molecule is O=[N+]([O-])c1ccc2nc(Cl)c3sccc3c2c1. The molecule has 0 amide bonds. The van der Waals surface area contributed by atoms with E-state index in [2.05, 4.69) is 4.98 Å². The maximum atomic E-state index is 10.7. The molecule has 17 heavy (non-hydrogen) atoms. The van der Waals surface area contributed by atoms with Gasteiger partial charge < -0.3 is 0 Å². The van der Waals surface area contributed by atoms with Crippen molar-refractivity contribution in [3.05, 3.63) is 44.9 Å². The number of non-ortho nitro benzene ring substituents is 1. The molecule has 0 aliphatic heterocycles. The van der Waals surface area contributed by atoms with E-state index >= 15 is 0 Å². The molecule has 0 aliphatic carbocycles. The van der Waals surface area contributed by atoms with Gasteiger partial charge in [0.25, 0.3) is 5.69 Å². The lowest BCUT2D eigenvalue weighted by Crippen LogP contribution is -1.88. The Bertz CT molecular complexity index is 754. The zero-order valence-corrected chi connectivity index (χ0v) is 9.96. The van der Waals surface area contributed by atoms with Crippen LogP contribution in [0, 0.1) is 10.1 Å². The minimum Gasteiger partial charge on any atom is -0.258 e. The summed E-state index contributed by atoms with van der Waals surface area (Å²) < 4.78 is 0.861. The van der Waals surface area contributed by atoms with E-state index in [1.807, 2.05) is 11.4 Å². The van der Waals surface area contributed by atoms with Crippen molar-refractivity contribution in [2.75, 3.05) is 0 Å². The van der Waals surface area contributed by atoms with Crippen molar-refractivity contribution in [2.45, 2.75) is 0 Å². The van der Waals surface area contributed by atoms with Crippen LogP contribution in [0.2, 0.25) is 5.15 Å². The van der Waals surface area contributed by atoms with Gasteiger partial charge in [0.2, 0.25) is 0 Å². The van der Waals surface area contributed by atoms with Crippen molar-refractivity contribution in [1.82, 2.24) is 4.98 Å². The van der Waals surface area contributed by atoms with Crippen LogP contribution in [0.25, 0.3) is 21.0 Å². The highest BCUT2D eigenvalue weighted by Gasteiger charge is 2.12. The molecule has 6 heteroatoms. The topological polar surface area (TPSA) is 56.0 Å². The molecule has 84 valence electrons. The summed E-state index contributed by atoms with van der Waals surface area (Å²) in [6.07, 6.45) is 0. The van der Waals surface area contributed by atoms with Crippen LogP contribution in [0.3, 0.4) is 0 Å². The summed E-state index contributed by atoms with van der Waals surface area (Å²) in [5.41, 5.74) is 0.737. The summed E-state index contributed by atoms with van der Waals surface area (Å²) in [5.74, 6) is 0. The lowest BCUT2D eigenvalue weighted by atomic mass is 10.1. The number of nitrogens with zero attached hydrogens (tertiary/aromatic N) is 2. The average Bonchev–Trinajstić information content (AvgIpc) is 2.78. The Morgan fingerprint density at radius 1 is 1.29 bits per heavy atom. The Labute approximate surface area is 105 Å². The molecule has 0 N–H and O–H groups in total. The Kier molecular flexibility index (Phi) is 2.24. The van der Waals surface area contributed by atoms with Crippen LogP contribution in [0.5, 0.6) is 0 Å². The number of benzene rings is 1. The van der Waals surface area contributed by atoms with Crippen LogP contribution < -0.4 is 0 Å². The number of fused-ring (bicyclic) bond motifs is 3. The number of thiophene rings is 1. The standard InChI is InChI=1S/C11H5ClN2O2S/c12-11-10-7(3-4-17-10)8-5-6(14(15)16)1-2-9(8)13-11/h1-5H. The first-order valence-electron chi connectivity index (χ1n) is 4.77. The molecule has 0 unspecified atom stereocenters. The molecule has 0 saturated carbocycles. The summed E-state index contributed by atoms with van der Waals surface area (Å²) in [6.45, 7) is 0. The molecule has 3 rings (SSSR count). The van der Waals surface area contributed by atoms with E-state index in [4.69, 9.17) is 11.6 Å². The second kappa shape index (κ2) is 3.65. The van der Waals surface area contributed by atoms with E-state index in [1.54, 1.807) is 6.07 Å². The van der Waals surface area contributed by atoms with Gasteiger partial charge in [0.15, 0.2) is 0 Å². The summed E-state index contributed by atoms with van der Waals surface area (Å²) >= 11 is 7.52. The molecule has 0 spiro atoms. The molecule has 2 heterocycles. The number of nitro groups is 1. The minimum absolute atomic E-state index is 0.0640. The maximum Gasteiger partial charge on any atom is 0.270 e. The Morgan fingerprint density at radius 3 is 2.88 bits per heavy atom. The zero-order valence-electron chi connectivity index (χ0n) is 8.38. The highest BCUT2D eigenvalue weighted by Crippen LogP contribution is 2.34. The van der Waals surface area contributed by atoms with Crippen LogP contribution >= 0.6 is 22.9 Å². The van der Waals surface area contributed by atoms with E-state index in [0.717, 1.165) is 15.5 Å². The number of halogens is 1. The van der Waals surface area contributed by atoms with Gasteiger partial charge in [-0.15, -0.1) is 11.3 Å². The van der Waals surface area contributed by atoms with Crippen LogP contribution in [0.15, 0.2) is 29.6 Å². The maximum absolute atomic E-state index is 10.7. The fraction of sp³-hybridized carbons (Fsp3) is 0. The number of rotatable bonds is 1. The fourth-order valence-electron chi connectivity index (χ4n) is 1.79. The quantitative estimate of drug-likeness (QED) is 0.379. The predicted molar refractivity (Wildman–Crippen MR) is 68.8 cm³/mol. The van der Waals surface area contributed by atoms with Crippen molar-refractivity contribution < 1.29 is 4.92 Å². The molecule has 0 saturated heterocycles. The van der Waals surface area contributed by atoms with Crippen molar-refractivity contribution in [2.24, 2.45) is 0 Å². The normalized spacial score (nSPS) is 11.1. The van der Waals surface area contributed by atoms with Crippen molar-refractivity contribution >= 4 is 49.6 Å². The molecule has 0 aliphatic rings. The highest BCUT2D eigenvalue weighted by atomic mass is 35.5. The first kappa shape index (κ1) is 10.4. The highest BCUT2D eigenvalue weighted by molar-refractivity contribution is 7.18. The van der Waals surface area contributed by atoms with Gasteiger partial charge in [-0.05, 0) is 17.5 Å². The van der Waals surface area contributed by atoms with Crippen LogP contribution in [-0.2, 0) is 0 Å². The Balaban J connectivity index is 2.48. The van der Waals surface area contributed by atoms with Gasteiger partial charge in [0.05, 0.1) is 15.1 Å². The zero-order chi connectivity index (χ0) is 12.0. The molecule has 0 bridgehead atoms. The van der Waals surface area contributed by atoms with E-state index in [0.29, 0.717) is 10.7 Å². The van der Waals surface area contributed by atoms with E-state index in [9.17, 15) is 10.1 Å². The van der Waals surface area contributed by atoms with Crippen molar-refractivity contribution in [3.63, 3.8) is 0 Å². The molecule has 0 atom stereocenters. The molecule has 2 aromatic heterocycles. The largest absolute Gasteiger partial charge is 0.270 e. The first-order chi connectivity index (χ1) is 8.16. The smallest absolute Gasteiger partial charge is 0.258 e. The van der Waals surface area contributed by atoms with E-state index in [-0.39, 0.29) is 5.69 Å². The minimum atomic E-state index is -0.410. The number of hydrogen-bond donors (Lipinski definition) is 0. The van der Waals surface area contributed by atoms with Gasteiger partial charge in [-0.2, -0.15) is 0 Å². The second-order valence-corrected chi connectivity index (χ2v) is 4.80. The molecule has 0 fully saturated rings. The molecular formula is C11H5ClN2O2S. The van der Waals surface area contributed by atoms with E-state index < -0.39 is 4.92 Å². The monoisotopic (exact) mass is 264 g/mol. The summed E-state index contributed by atoms with van der Waals surface area (Å²) in [7, 11) is 0. The number of nitro benzene ring substituents is 1. The second-order valence-electron chi connectivity index (χ2n) is 3.52. The lowest BCUT2D eigenvalue weighted by molar-refractivity contribution is -0.384. The number of hydrogen-bond acceptors (Lipinski definition) is 4.